The third-order valence-corrected chi connectivity index (χ3v) is 9.23. The van der Waals surface area contributed by atoms with Crippen LogP contribution in [0.1, 0.15) is 194 Å². The molecule has 0 radical (unpaired) electrons. The number of rotatable bonds is 37. The Hall–Kier alpha value is -1.24. The van der Waals surface area contributed by atoms with Gasteiger partial charge in [0, 0.05) is 12.8 Å². The molecule has 8 N–H and O–H groups in total. The number of quaternary nitrogens is 2. The molecule has 10 nitrogen and oxygen atoms in total. The molecule has 0 aliphatic heterocycles. The lowest BCUT2D eigenvalue weighted by Crippen LogP contribution is -3.00. The van der Waals surface area contributed by atoms with Gasteiger partial charge in [0.1, 0.15) is 0 Å². The predicted molar refractivity (Wildman–Crippen MR) is 202 cm³/mol. The summed E-state index contributed by atoms with van der Waals surface area (Å²) in [7, 11) is 0. The van der Waals surface area contributed by atoms with Crippen molar-refractivity contribution in [3.63, 3.8) is 0 Å². The normalized spacial score (nSPS) is 11.8. The Balaban J connectivity index is -0.0000120. The molecule has 310 valence electrons. The molecule has 0 aromatic heterocycles. The molecule has 2 amide bonds. The van der Waals surface area contributed by atoms with E-state index in [-0.39, 0.29) is 59.9 Å². The second-order valence-electron chi connectivity index (χ2n) is 14.1. The van der Waals surface area contributed by atoms with Gasteiger partial charge in [-0.3, -0.25) is 19.2 Å². The number of unbranched alkanes of at least 4 members (excludes halogenated alkanes) is 24. The zero-order chi connectivity index (χ0) is 36.9. The van der Waals surface area contributed by atoms with Crippen molar-refractivity contribution in [2.75, 3.05) is 26.2 Å². The van der Waals surface area contributed by atoms with Gasteiger partial charge in [0.25, 0.3) is 11.8 Å². The highest BCUT2D eigenvalue weighted by Gasteiger charge is 2.40. The van der Waals surface area contributed by atoms with Crippen LogP contribution in [0.2, 0.25) is 0 Å². The number of halogens is 2. The molecule has 0 saturated heterocycles. The minimum atomic E-state index is -1.57. The summed E-state index contributed by atoms with van der Waals surface area (Å²) in [6, 6.07) is 0. The van der Waals surface area contributed by atoms with E-state index in [1.807, 2.05) is 0 Å². The van der Waals surface area contributed by atoms with Crippen molar-refractivity contribution >= 4 is 23.8 Å². The highest BCUT2D eigenvalue weighted by molar-refractivity contribution is 5.93. The lowest BCUT2D eigenvalue weighted by Gasteiger charge is -2.25. The van der Waals surface area contributed by atoms with Gasteiger partial charge < -0.3 is 65.5 Å². The van der Waals surface area contributed by atoms with Gasteiger partial charge in [-0.2, -0.15) is 0 Å². The SMILES string of the molecule is CCCCCCCCCCCCCCCC(=O)O[C@@H](C(=O)NCC[NH3+])[C@@H](OC(=O)CCCCCCCCCCCCCCC)C(=O)NCC[NH3+].[Br-].[Br-]. The van der Waals surface area contributed by atoms with Crippen molar-refractivity contribution in [3.05, 3.63) is 0 Å². The fourth-order valence-electron chi connectivity index (χ4n) is 6.11. The molecule has 2 atom stereocenters. The lowest BCUT2D eigenvalue weighted by molar-refractivity contribution is -0.365. The average molecular weight is 873 g/mol. The standard InChI is InChI=1S/C40H78N4O6.2BrH/c1-3-5-7-9-11-13-15-17-19-21-23-25-27-29-35(45)49-37(39(47)43-33-31-41)38(40(48)44-34-32-42)50-36(46)30-28-26-24-22-20-18-16-14-12-10-8-6-4-2;;/h37-38H,3-34,41-42H2,1-2H3,(H,43,47)(H,44,48);2*1H/t37-,38-;;/m1../s1. The third kappa shape index (κ3) is 34.5. The minimum absolute atomic E-state index is 0. The molecule has 0 aliphatic carbocycles. The fourth-order valence-corrected chi connectivity index (χ4v) is 6.11. The monoisotopic (exact) mass is 870 g/mol. The van der Waals surface area contributed by atoms with Crippen LogP contribution >= 0.6 is 0 Å². The quantitative estimate of drug-likeness (QED) is 0.0525. The number of esters is 2. The van der Waals surface area contributed by atoms with E-state index in [0.29, 0.717) is 25.9 Å². The van der Waals surface area contributed by atoms with Crippen molar-refractivity contribution in [1.82, 2.24) is 10.6 Å². The van der Waals surface area contributed by atoms with Gasteiger partial charge in [-0.1, -0.05) is 168 Å². The van der Waals surface area contributed by atoms with E-state index < -0.39 is 36.0 Å². The molecule has 52 heavy (non-hydrogen) atoms. The lowest BCUT2D eigenvalue weighted by atomic mass is 10.0. The van der Waals surface area contributed by atoms with Crippen LogP contribution in [-0.4, -0.2) is 62.1 Å². The van der Waals surface area contributed by atoms with E-state index in [0.717, 1.165) is 38.5 Å². The molecule has 0 saturated carbocycles. The topological polar surface area (TPSA) is 166 Å². The first-order valence-electron chi connectivity index (χ1n) is 20.9. The number of hydrogen-bond acceptors (Lipinski definition) is 6. The molecular weight excluding hydrogens is 792 g/mol. The molecule has 0 spiro atoms. The summed E-state index contributed by atoms with van der Waals surface area (Å²) in [6.07, 6.45) is 28.1. The van der Waals surface area contributed by atoms with Crippen LogP contribution in [0.4, 0.5) is 0 Å². The molecule has 0 unspecified atom stereocenters. The summed E-state index contributed by atoms with van der Waals surface area (Å²) in [4.78, 5) is 52.0. The molecule has 0 bridgehead atoms. The van der Waals surface area contributed by atoms with Crippen molar-refractivity contribution in [2.24, 2.45) is 0 Å². The third-order valence-electron chi connectivity index (χ3n) is 9.23. The van der Waals surface area contributed by atoms with Gasteiger partial charge in [0.2, 0.25) is 12.2 Å². The van der Waals surface area contributed by atoms with Crippen molar-refractivity contribution in [2.45, 2.75) is 206 Å². The Bertz CT molecular complexity index is 774. The van der Waals surface area contributed by atoms with E-state index in [2.05, 4.69) is 35.9 Å². The molecule has 12 heteroatoms. The molecular formula is C40H80Br2N4O6. The fraction of sp³-hybridized carbons (Fsp3) is 0.900. The smallest absolute Gasteiger partial charge is 0.306 e. The molecule has 0 fully saturated rings. The van der Waals surface area contributed by atoms with Crippen LogP contribution in [0.5, 0.6) is 0 Å². The van der Waals surface area contributed by atoms with Crippen molar-refractivity contribution in [1.29, 1.82) is 0 Å². The zero-order valence-electron chi connectivity index (χ0n) is 33.4. The van der Waals surface area contributed by atoms with E-state index in [1.54, 1.807) is 0 Å². The van der Waals surface area contributed by atoms with Crippen LogP contribution < -0.4 is 56.1 Å². The van der Waals surface area contributed by atoms with Crippen LogP contribution in [0, 0.1) is 0 Å². The zero-order valence-corrected chi connectivity index (χ0v) is 36.6. The highest BCUT2D eigenvalue weighted by Crippen LogP contribution is 2.16. The first-order valence-corrected chi connectivity index (χ1v) is 20.9. The molecule has 0 aromatic rings. The summed E-state index contributed by atoms with van der Waals surface area (Å²) < 4.78 is 11.2. The van der Waals surface area contributed by atoms with Crippen LogP contribution in [-0.2, 0) is 28.7 Å². The second-order valence-corrected chi connectivity index (χ2v) is 14.1. The highest BCUT2D eigenvalue weighted by atomic mass is 79.9. The minimum Gasteiger partial charge on any atom is -1.00 e. The number of carbonyl (C=O) groups is 4. The van der Waals surface area contributed by atoms with Crippen molar-refractivity contribution in [3.8, 4) is 0 Å². The summed E-state index contributed by atoms with van der Waals surface area (Å²) in [5, 5.41) is 5.31. The summed E-state index contributed by atoms with van der Waals surface area (Å²) in [5.41, 5.74) is 7.48. The summed E-state index contributed by atoms with van der Waals surface area (Å²) in [6.45, 7) is 5.81. The number of carbonyl (C=O) groups excluding carboxylic acids is 4. The van der Waals surface area contributed by atoms with E-state index in [1.165, 1.54) is 116 Å². The Morgan fingerprint density at radius 1 is 0.423 bits per heavy atom. The first kappa shape index (κ1) is 55.1. The van der Waals surface area contributed by atoms with E-state index >= 15 is 0 Å². The number of ether oxygens (including phenoxy) is 2. The maximum absolute atomic E-state index is 13.1. The second kappa shape index (κ2) is 42.5. The molecule has 0 rings (SSSR count). The average Bonchev–Trinajstić information content (AvgIpc) is 3.11. The predicted octanol–water partition coefficient (Wildman–Crippen LogP) is 0.497. The Morgan fingerprint density at radius 3 is 0.885 bits per heavy atom. The maximum atomic E-state index is 13.1. The van der Waals surface area contributed by atoms with Gasteiger partial charge in [0.05, 0.1) is 26.2 Å². The Kier molecular flexibility index (Phi) is 45.0. The van der Waals surface area contributed by atoms with E-state index in [4.69, 9.17) is 9.47 Å². The van der Waals surface area contributed by atoms with Crippen LogP contribution in [0.3, 0.4) is 0 Å². The number of amides is 2. The Labute approximate surface area is 339 Å². The van der Waals surface area contributed by atoms with Crippen molar-refractivity contribution < 1.29 is 74.1 Å². The van der Waals surface area contributed by atoms with Gasteiger partial charge in [-0.05, 0) is 12.8 Å². The molecule has 0 aromatic carbocycles. The van der Waals surface area contributed by atoms with E-state index in [9.17, 15) is 19.2 Å². The largest absolute Gasteiger partial charge is 1.00 e. The van der Waals surface area contributed by atoms with Gasteiger partial charge >= 0.3 is 11.9 Å². The number of nitrogens with one attached hydrogen (secondary N) is 2. The number of hydrogen-bond donors (Lipinski definition) is 4. The van der Waals surface area contributed by atoms with Gasteiger partial charge in [-0.15, -0.1) is 0 Å². The molecule has 0 heterocycles. The Morgan fingerprint density at radius 2 is 0.654 bits per heavy atom. The summed E-state index contributed by atoms with van der Waals surface area (Å²) in [5.74, 6) is -2.50. The van der Waals surface area contributed by atoms with Gasteiger partial charge in [0.15, 0.2) is 0 Å². The molecule has 0 aliphatic rings. The van der Waals surface area contributed by atoms with Crippen LogP contribution in [0.25, 0.3) is 0 Å². The maximum Gasteiger partial charge on any atom is 0.306 e. The van der Waals surface area contributed by atoms with Gasteiger partial charge in [-0.25, -0.2) is 0 Å². The summed E-state index contributed by atoms with van der Waals surface area (Å²) >= 11 is 0. The first-order chi connectivity index (χ1) is 24.4. The van der Waals surface area contributed by atoms with Crippen LogP contribution in [0.15, 0.2) is 0 Å².